The minimum Gasteiger partial charge on any atom is -0.393 e. The Morgan fingerprint density at radius 1 is 1.60 bits per heavy atom. The molecule has 0 aliphatic heterocycles. The van der Waals surface area contributed by atoms with Gasteiger partial charge in [-0.05, 0) is 44.1 Å². The molecule has 3 nitrogen and oxygen atoms in total. The zero-order valence-electron chi connectivity index (χ0n) is 9.39. The maximum atomic E-state index is 9.78. The van der Waals surface area contributed by atoms with Crippen molar-refractivity contribution in [2.75, 3.05) is 0 Å². The molecule has 84 valence electrons. The summed E-state index contributed by atoms with van der Waals surface area (Å²) in [5.41, 5.74) is 1.26. The molecule has 1 fully saturated rings. The van der Waals surface area contributed by atoms with E-state index in [0.29, 0.717) is 5.92 Å². The highest BCUT2D eigenvalue weighted by Crippen LogP contribution is 2.34. The van der Waals surface area contributed by atoms with Gasteiger partial charge >= 0.3 is 0 Å². The zero-order chi connectivity index (χ0) is 10.7. The van der Waals surface area contributed by atoms with E-state index in [9.17, 15) is 5.11 Å². The number of nitrogens with zero attached hydrogens (tertiary/aromatic N) is 2. The summed E-state index contributed by atoms with van der Waals surface area (Å²) in [5.74, 6) is 0.590. The number of aliphatic hydroxyl groups is 1. The number of hydrogen-bond donors (Lipinski definition) is 1. The summed E-state index contributed by atoms with van der Waals surface area (Å²) in [5, 5.41) is 14.1. The highest BCUT2D eigenvalue weighted by Gasteiger charge is 2.29. The monoisotopic (exact) mass is 208 g/mol. The summed E-state index contributed by atoms with van der Waals surface area (Å²) in [4.78, 5) is 0. The lowest BCUT2D eigenvalue weighted by atomic mass is 10.1. The first kappa shape index (κ1) is 10.7. The van der Waals surface area contributed by atoms with E-state index >= 15 is 0 Å². The molecular weight excluding hydrogens is 188 g/mol. The molecule has 1 unspecified atom stereocenters. The van der Waals surface area contributed by atoms with Crippen molar-refractivity contribution < 1.29 is 5.11 Å². The molecule has 2 rings (SSSR count). The largest absolute Gasteiger partial charge is 0.393 e. The molecule has 1 N–H and O–H groups in total. The van der Waals surface area contributed by atoms with Crippen LogP contribution in [0, 0.1) is 5.92 Å². The van der Waals surface area contributed by atoms with Crippen LogP contribution in [0.1, 0.15) is 38.3 Å². The molecule has 0 aromatic carbocycles. The second kappa shape index (κ2) is 4.79. The Bertz CT molecular complexity index is 304. The van der Waals surface area contributed by atoms with Gasteiger partial charge in [-0.25, -0.2) is 0 Å². The second-order valence-corrected chi connectivity index (χ2v) is 4.49. The van der Waals surface area contributed by atoms with Gasteiger partial charge < -0.3 is 5.11 Å². The molecule has 1 aliphatic carbocycles. The summed E-state index contributed by atoms with van der Waals surface area (Å²) < 4.78 is 2.06. The number of aryl methyl sites for hydroxylation is 2. The molecule has 1 aliphatic rings. The number of aromatic nitrogens is 2. The first-order chi connectivity index (χ1) is 7.31. The Balaban J connectivity index is 1.83. The third kappa shape index (κ3) is 2.81. The first-order valence-corrected chi connectivity index (χ1v) is 6.00. The Labute approximate surface area is 91.1 Å². The molecule has 3 heteroatoms. The smallest absolute Gasteiger partial charge is 0.0572 e. The Kier molecular flexibility index (Phi) is 3.41. The third-order valence-corrected chi connectivity index (χ3v) is 3.10. The molecule has 0 amide bonds. The topological polar surface area (TPSA) is 38.0 Å². The molecule has 0 spiro atoms. The van der Waals surface area contributed by atoms with Crippen LogP contribution in [0.4, 0.5) is 0 Å². The van der Waals surface area contributed by atoms with Crippen molar-refractivity contribution in [2.45, 2.75) is 51.7 Å². The van der Waals surface area contributed by atoms with Gasteiger partial charge in [0, 0.05) is 18.4 Å². The Morgan fingerprint density at radius 3 is 3.07 bits per heavy atom. The van der Waals surface area contributed by atoms with Gasteiger partial charge in [-0.2, -0.15) is 5.10 Å². The van der Waals surface area contributed by atoms with E-state index in [4.69, 9.17) is 0 Å². The van der Waals surface area contributed by atoms with E-state index in [2.05, 4.69) is 22.8 Å². The van der Waals surface area contributed by atoms with Gasteiger partial charge in [0.25, 0.3) is 0 Å². The van der Waals surface area contributed by atoms with Crippen molar-refractivity contribution in [1.82, 2.24) is 9.78 Å². The van der Waals surface area contributed by atoms with Gasteiger partial charge in [0.05, 0.1) is 6.10 Å². The summed E-state index contributed by atoms with van der Waals surface area (Å²) in [6.45, 7) is 3.15. The summed E-state index contributed by atoms with van der Waals surface area (Å²) in [7, 11) is 0. The van der Waals surface area contributed by atoms with Crippen LogP contribution in [0.2, 0.25) is 0 Å². The van der Waals surface area contributed by atoms with Gasteiger partial charge in [-0.1, -0.05) is 6.92 Å². The summed E-state index contributed by atoms with van der Waals surface area (Å²) >= 11 is 0. The third-order valence-electron chi connectivity index (χ3n) is 3.10. The molecule has 1 aromatic heterocycles. The normalized spacial score (nSPS) is 18.0. The zero-order valence-corrected chi connectivity index (χ0v) is 9.39. The second-order valence-electron chi connectivity index (χ2n) is 4.49. The highest BCUT2D eigenvalue weighted by atomic mass is 16.3. The van der Waals surface area contributed by atoms with Crippen LogP contribution in [0.5, 0.6) is 0 Å². The summed E-state index contributed by atoms with van der Waals surface area (Å²) in [6, 6.07) is 2.06. The first-order valence-electron chi connectivity index (χ1n) is 6.00. The van der Waals surface area contributed by atoms with Crippen molar-refractivity contribution in [3.8, 4) is 0 Å². The molecule has 0 bridgehead atoms. The molecule has 1 aromatic rings. The van der Waals surface area contributed by atoms with Crippen LogP contribution < -0.4 is 0 Å². The minimum absolute atomic E-state index is 0.0880. The number of rotatable bonds is 6. The van der Waals surface area contributed by atoms with Crippen molar-refractivity contribution in [3.63, 3.8) is 0 Å². The van der Waals surface area contributed by atoms with Crippen LogP contribution in [0.15, 0.2) is 12.3 Å². The Morgan fingerprint density at radius 2 is 2.40 bits per heavy atom. The Hall–Kier alpha value is -0.830. The fourth-order valence-electron chi connectivity index (χ4n) is 2.00. The molecular formula is C12H20N2O. The van der Waals surface area contributed by atoms with E-state index in [1.54, 1.807) is 0 Å². The van der Waals surface area contributed by atoms with E-state index in [0.717, 1.165) is 25.8 Å². The lowest BCUT2D eigenvalue weighted by molar-refractivity contribution is 0.141. The standard InChI is InChI=1S/C12H20N2O/c1-2-9-14-11(7-8-13-14)5-6-12(15)10-3-4-10/h7-8,10,12,15H,2-6,9H2,1H3. The quantitative estimate of drug-likeness (QED) is 0.776. The van der Waals surface area contributed by atoms with Crippen molar-refractivity contribution in [1.29, 1.82) is 0 Å². The van der Waals surface area contributed by atoms with Gasteiger partial charge in [0.2, 0.25) is 0 Å². The molecule has 0 saturated heterocycles. The summed E-state index contributed by atoms with van der Waals surface area (Å²) in [6.07, 6.45) is 7.16. The fraction of sp³-hybridized carbons (Fsp3) is 0.750. The number of aliphatic hydroxyl groups excluding tert-OH is 1. The van der Waals surface area contributed by atoms with Crippen LogP contribution in [-0.2, 0) is 13.0 Å². The molecule has 0 radical (unpaired) electrons. The van der Waals surface area contributed by atoms with Crippen molar-refractivity contribution in [3.05, 3.63) is 18.0 Å². The van der Waals surface area contributed by atoms with E-state index in [-0.39, 0.29) is 6.10 Å². The fourth-order valence-corrected chi connectivity index (χ4v) is 2.00. The maximum Gasteiger partial charge on any atom is 0.0572 e. The highest BCUT2D eigenvalue weighted by molar-refractivity contribution is 5.01. The van der Waals surface area contributed by atoms with Crippen molar-refractivity contribution in [2.24, 2.45) is 5.92 Å². The SMILES string of the molecule is CCCn1nccc1CCC(O)C1CC1. The molecule has 1 atom stereocenters. The van der Waals surface area contributed by atoms with Gasteiger partial charge in [-0.15, -0.1) is 0 Å². The molecule has 15 heavy (non-hydrogen) atoms. The van der Waals surface area contributed by atoms with E-state index in [1.165, 1.54) is 18.5 Å². The van der Waals surface area contributed by atoms with Crippen LogP contribution in [0.25, 0.3) is 0 Å². The predicted octanol–water partition coefficient (Wildman–Crippen LogP) is 2.00. The van der Waals surface area contributed by atoms with Crippen molar-refractivity contribution >= 4 is 0 Å². The van der Waals surface area contributed by atoms with Crippen LogP contribution >= 0.6 is 0 Å². The van der Waals surface area contributed by atoms with Crippen LogP contribution in [-0.4, -0.2) is 21.0 Å². The van der Waals surface area contributed by atoms with Crippen LogP contribution in [0.3, 0.4) is 0 Å². The van der Waals surface area contributed by atoms with E-state index in [1.807, 2.05) is 6.20 Å². The van der Waals surface area contributed by atoms with Gasteiger partial charge in [-0.3, -0.25) is 4.68 Å². The van der Waals surface area contributed by atoms with E-state index < -0.39 is 0 Å². The lowest BCUT2D eigenvalue weighted by Gasteiger charge is -2.10. The van der Waals surface area contributed by atoms with Gasteiger partial charge in [0.1, 0.15) is 0 Å². The predicted molar refractivity (Wildman–Crippen MR) is 59.6 cm³/mol. The number of hydrogen-bond acceptors (Lipinski definition) is 2. The average Bonchev–Trinajstić information content (AvgIpc) is 2.99. The molecule has 1 saturated carbocycles. The lowest BCUT2D eigenvalue weighted by Crippen LogP contribution is -2.12. The van der Waals surface area contributed by atoms with Gasteiger partial charge in [0.15, 0.2) is 0 Å². The minimum atomic E-state index is -0.0880. The molecule has 1 heterocycles. The maximum absolute atomic E-state index is 9.78. The average molecular weight is 208 g/mol.